The van der Waals surface area contributed by atoms with Crippen molar-refractivity contribution in [1.82, 2.24) is 14.9 Å². The average molecular weight is 316 g/mol. The van der Waals surface area contributed by atoms with Crippen LogP contribution in [0.3, 0.4) is 0 Å². The third-order valence-electron chi connectivity index (χ3n) is 3.21. The molecular formula is C13H18ClN3S2. The Kier molecular flexibility index (Phi) is 5.45. The van der Waals surface area contributed by atoms with E-state index < -0.39 is 0 Å². The van der Waals surface area contributed by atoms with Gasteiger partial charge in [-0.15, -0.1) is 11.3 Å². The van der Waals surface area contributed by atoms with Gasteiger partial charge in [0.05, 0.1) is 6.54 Å². The summed E-state index contributed by atoms with van der Waals surface area (Å²) in [5.74, 6) is 1.98. The van der Waals surface area contributed by atoms with Crippen molar-refractivity contribution in [1.29, 1.82) is 0 Å². The van der Waals surface area contributed by atoms with Gasteiger partial charge in [0.2, 0.25) is 0 Å². The molecule has 104 valence electrons. The average Bonchev–Trinajstić information content (AvgIpc) is 2.84. The van der Waals surface area contributed by atoms with Crippen molar-refractivity contribution in [3.8, 4) is 0 Å². The molecule has 0 N–H and O–H groups in total. The molecule has 0 saturated carbocycles. The van der Waals surface area contributed by atoms with E-state index in [9.17, 15) is 0 Å². The molecule has 1 unspecified atom stereocenters. The maximum absolute atomic E-state index is 6.18. The lowest BCUT2D eigenvalue weighted by Gasteiger charge is -2.23. The van der Waals surface area contributed by atoms with Gasteiger partial charge < -0.3 is 0 Å². The molecule has 0 fully saturated rings. The van der Waals surface area contributed by atoms with Crippen LogP contribution in [0, 0.1) is 0 Å². The van der Waals surface area contributed by atoms with Gasteiger partial charge in [-0.05, 0) is 43.8 Å². The Labute approximate surface area is 127 Å². The summed E-state index contributed by atoms with van der Waals surface area (Å²) >= 11 is 9.67. The van der Waals surface area contributed by atoms with Gasteiger partial charge >= 0.3 is 0 Å². The molecule has 6 heteroatoms. The molecular weight excluding hydrogens is 298 g/mol. The second kappa shape index (κ2) is 6.88. The van der Waals surface area contributed by atoms with Gasteiger partial charge in [0.25, 0.3) is 0 Å². The minimum atomic E-state index is 0.522. The van der Waals surface area contributed by atoms with E-state index in [1.54, 1.807) is 11.3 Å². The minimum Gasteiger partial charge on any atom is -0.296 e. The molecule has 2 rings (SSSR count). The topological polar surface area (TPSA) is 29.0 Å². The van der Waals surface area contributed by atoms with Crippen molar-refractivity contribution in [2.45, 2.75) is 25.9 Å². The number of thioether (sulfide) groups is 1. The van der Waals surface area contributed by atoms with Gasteiger partial charge in [0.15, 0.2) is 0 Å². The van der Waals surface area contributed by atoms with Crippen molar-refractivity contribution >= 4 is 44.9 Å². The fourth-order valence-corrected chi connectivity index (χ4v) is 3.48. The van der Waals surface area contributed by atoms with Gasteiger partial charge in [0.1, 0.15) is 15.8 Å². The zero-order valence-electron chi connectivity index (χ0n) is 11.4. The summed E-state index contributed by atoms with van der Waals surface area (Å²) in [6, 6.07) is 2.49. The van der Waals surface area contributed by atoms with E-state index in [0.717, 1.165) is 22.6 Å². The van der Waals surface area contributed by atoms with Gasteiger partial charge in [0, 0.05) is 11.4 Å². The van der Waals surface area contributed by atoms with Crippen LogP contribution in [-0.4, -0.2) is 40.0 Å². The molecule has 2 heterocycles. The SMILES string of the molecule is CSCCC(C)N(C)Cc1nc(Cl)c2ccsc2n1. The smallest absolute Gasteiger partial charge is 0.145 e. The second-order valence-electron chi connectivity index (χ2n) is 4.62. The van der Waals surface area contributed by atoms with Crippen LogP contribution in [0.25, 0.3) is 10.2 Å². The highest BCUT2D eigenvalue weighted by Crippen LogP contribution is 2.25. The number of nitrogens with zero attached hydrogens (tertiary/aromatic N) is 3. The first kappa shape index (κ1) is 15.0. The van der Waals surface area contributed by atoms with E-state index in [1.165, 1.54) is 12.2 Å². The lowest BCUT2D eigenvalue weighted by atomic mass is 10.2. The van der Waals surface area contributed by atoms with Crippen LogP contribution in [0.2, 0.25) is 5.15 Å². The second-order valence-corrected chi connectivity index (χ2v) is 6.85. The van der Waals surface area contributed by atoms with Crippen LogP contribution >= 0.6 is 34.7 Å². The number of rotatable bonds is 6. The van der Waals surface area contributed by atoms with E-state index in [0.29, 0.717) is 11.2 Å². The highest BCUT2D eigenvalue weighted by molar-refractivity contribution is 7.98. The summed E-state index contributed by atoms with van der Waals surface area (Å²) in [4.78, 5) is 12.2. The van der Waals surface area contributed by atoms with Crippen molar-refractivity contribution < 1.29 is 0 Å². The van der Waals surface area contributed by atoms with E-state index in [1.807, 2.05) is 23.2 Å². The Morgan fingerprint density at radius 2 is 2.26 bits per heavy atom. The standard InChI is InChI=1S/C13H18ClN3S2/c1-9(4-6-18-3)17(2)8-11-15-12(14)10-5-7-19-13(10)16-11/h5,7,9H,4,6,8H2,1-3H3. The third-order valence-corrected chi connectivity index (χ3v) is 4.95. The molecule has 2 aromatic heterocycles. The molecule has 0 radical (unpaired) electrons. The molecule has 1 atom stereocenters. The van der Waals surface area contributed by atoms with E-state index in [2.05, 4.69) is 35.1 Å². The molecule has 2 aromatic rings. The van der Waals surface area contributed by atoms with Crippen molar-refractivity contribution in [3.63, 3.8) is 0 Å². The van der Waals surface area contributed by atoms with Crippen LogP contribution in [0.15, 0.2) is 11.4 Å². The van der Waals surface area contributed by atoms with Crippen LogP contribution in [0.4, 0.5) is 0 Å². The molecule has 0 spiro atoms. The summed E-state index contributed by atoms with van der Waals surface area (Å²) in [5.41, 5.74) is 0. The molecule has 0 bridgehead atoms. The summed E-state index contributed by atoms with van der Waals surface area (Å²) in [7, 11) is 2.11. The Balaban J connectivity index is 2.08. The zero-order valence-corrected chi connectivity index (χ0v) is 13.8. The minimum absolute atomic E-state index is 0.522. The van der Waals surface area contributed by atoms with Crippen LogP contribution in [0.1, 0.15) is 19.2 Å². The molecule has 0 aliphatic rings. The van der Waals surface area contributed by atoms with Crippen molar-refractivity contribution in [3.05, 3.63) is 22.4 Å². The van der Waals surface area contributed by atoms with E-state index >= 15 is 0 Å². The monoisotopic (exact) mass is 315 g/mol. The van der Waals surface area contributed by atoms with Crippen LogP contribution in [-0.2, 0) is 6.54 Å². The lowest BCUT2D eigenvalue weighted by molar-refractivity contribution is 0.239. The summed E-state index contributed by atoms with van der Waals surface area (Å²) in [6.45, 7) is 2.98. The normalized spacial score (nSPS) is 13.3. The Hall–Kier alpha value is -0.360. The highest BCUT2D eigenvalue weighted by Gasteiger charge is 2.13. The number of aromatic nitrogens is 2. The molecule has 0 aliphatic carbocycles. The first-order chi connectivity index (χ1) is 9.11. The fraction of sp³-hybridized carbons (Fsp3) is 0.538. The highest BCUT2D eigenvalue weighted by atomic mass is 35.5. The fourth-order valence-electron chi connectivity index (χ4n) is 1.82. The third kappa shape index (κ3) is 3.81. The lowest BCUT2D eigenvalue weighted by Crippen LogP contribution is -2.29. The van der Waals surface area contributed by atoms with Gasteiger partial charge in [-0.1, -0.05) is 11.6 Å². The van der Waals surface area contributed by atoms with Gasteiger partial charge in [-0.25, -0.2) is 9.97 Å². The summed E-state index contributed by atoms with van der Waals surface area (Å²) < 4.78 is 0. The van der Waals surface area contributed by atoms with Crippen molar-refractivity contribution in [2.75, 3.05) is 19.1 Å². The van der Waals surface area contributed by atoms with Crippen LogP contribution < -0.4 is 0 Å². The first-order valence-electron chi connectivity index (χ1n) is 6.20. The molecule has 3 nitrogen and oxygen atoms in total. The number of hydrogen-bond acceptors (Lipinski definition) is 5. The van der Waals surface area contributed by atoms with Crippen LogP contribution in [0.5, 0.6) is 0 Å². The first-order valence-corrected chi connectivity index (χ1v) is 8.85. The predicted molar refractivity (Wildman–Crippen MR) is 86.4 cm³/mol. The molecule has 0 amide bonds. The largest absolute Gasteiger partial charge is 0.296 e. The quantitative estimate of drug-likeness (QED) is 0.756. The summed E-state index contributed by atoms with van der Waals surface area (Å²) in [6.07, 6.45) is 3.31. The maximum atomic E-state index is 6.18. The van der Waals surface area contributed by atoms with E-state index in [-0.39, 0.29) is 0 Å². The Morgan fingerprint density at radius 1 is 1.47 bits per heavy atom. The number of hydrogen-bond donors (Lipinski definition) is 0. The van der Waals surface area contributed by atoms with Gasteiger partial charge in [-0.3, -0.25) is 4.90 Å². The number of thiophene rings is 1. The number of fused-ring (bicyclic) bond motifs is 1. The number of halogens is 1. The zero-order chi connectivity index (χ0) is 13.8. The summed E-state index contributed by atoms with van der Waals surface area (Å²) in [5, 5.41) is 3.51. The van der Waals surface area contributed by atoms with Gasteiger partial charge in [-0.2, -0.15) is 11.8 Å². The maximum Gasteiger partial charge on any atom is 0.145 e. The Morgan fingerprint density at radius 3 is 3.00 bits per heavy atom. The molecule has 19 heavy (non-hydrogen) atoms. The molecule has 0 aliphatic heterocycles. The molecule has 0 aromatic carbocycles. The van der Waals surface area contributed by atoms with Crippen molar-refractivity contribution in [2.24, 2.45) is 0 Å². The molecule has 0 saturated heterocycles. The van der Waals surface area contributed by atoms with E-state index in [4.69, 9.17) is 11.6 Å². The predicted octanol–water partition coefficient (Wildman–Crippen LogP) is 3.92. The Bertz CT molecular complexity index is 544.